The zero-order chi connectivity index (χ0) is 23.7. The Balaban J connectivity index is 1.44. The van der Waals surface area contributed by atoms with Crippen molar-refractivity contribution in [3.63, 3.8) is 0 Å². The van der Waals surface area contributed by atoms with Gasteiger partial charge >= 0.3 is 0 Å². The number of halogens is 2. The van der Waals surface area contributed by atoms with E-state index in [4.69, 9.17) is 16.3 Å². The predicted octanol–water partition coefficient (Wildman–Crippen LogP) is 8.08. The monoisotopic (exact) mass is 549 g/mol. The number of anilines is 1. The fraction of sp³-hybridized carbons (Fsp3) is 0.0370. The molecule has 7 heteroatoms. The summed E-state index contributed by atoms with van der Waals surface area (Å²) in [5, 5.41) is 2.36. The second-order valence-corrected chi connectivity index (χ2v) is 9.95. The number of carbonyl (C=O) groups is 2. The smallest absolute Gasteiger partial charge is 0.298 e. The van der Waals surface area contributed by atoms with E-state index in [0.717, 1.165) is 37.5 Å². The van der Waals surface area contributed by atoms with Crippen LogP contribution in [0.5, 0.6) is 5.75 Å². The fourth-order valence-electron chi connectivity index (χ4n) is 3.78. The number of rotatable bonds is 5. The summed E-state index contributed by atoms with van der Waals surface area (Å²) in [6.45, 7) is 0.369. The first-order chi connectivity index (χ1) is 16.5. The van der Waals surface area contributed by atoms with Gasteiger partial charge in [0, 0.05) is 15.1 Å². The van der Waals surface area contributed by atoms with Crippen LogP contribution >= 0.6 is 39.3 Å². The Morgan fingerprint density at radius 2 is 1.74 bits per heavy atom. The van der Waals surface area contributed by atoms with E-state index in [9.17, 15) is 9.59 Å². The molecule has 0 bridgehead atoms. The molecule has 4 aromatic rings. The number of amides is 2. The van der Waals surface area contributed by atoms with Crippen LogP contribution in [0, 0.1) is 0 Å². The van der Waals surface area contributed by atoms with Gasteiger partial charge in [0.15, 0.2) is 0 Å². The number of ether oxygens (including phenoxy) is 1. The maximum Gasteiger partial charge on any atom is 0.298 e. The number of carbonyl (C=O) groups excluding carboxylic acids is 2. The molecule has 0 unspecified atom stereocenters. The zero-order valence-corrected chi connectivity index (χ0v) is 20.9. The molecule has 0 atom stereocenters. The second kappa shape index (κ2) is 9.66. The van der Waals surface area contributed by atoms with Gasteiger partial charge in [-0.15, -0.1) is 0 Å². The number of hydrogen-bond acceptors (Lipinski definition) is 4. The first kappa shape index (κ1) is 22.7. The van der Waals surface area contributed by atoms with E-state index in [-0.39, 0.29) is 5.24 Å². The minimum Gasteiger partial charge on any atom is -0.488 e. The lowest BCUT2D eigenvalue weighted by molar-refractivity contribution is -0.113. The van der Waals surface area contributed by atoms with Crippen molar-refractivity contribution >= 4 is 73.0 Å². The molecular formula is C27H17BrClNO3S. The third-order valence-electron chi connectivity index (χ3n) is 5.38. The number of fused-ring (bicyclic) bond motifs is 1. The average Bonchev–Trinajstić information content (AvgIpc) is 3.11. The molecule has 0 aromatic heterocycles. The molecule has 2 amide bonds. The van der Waals surface area contributed by atoms with Crippen molar-refractivity contribution in [2.24, 2.45) is 0 Å². The van der Waals surface area contributed by atoms with E-state index in [0.29, 0.717) is 33.5 Å². The Morgan fingerprint density at radius 1 is 0.941 bits per heavy atom. The van der Waals surface area contributed by atoms with E-state index in [1.54, 1.807) is 30.3 Å². The van der Waals surface area contributed by atoms with Crippen LogP contribution < -0.4 is 9.64 Å². The topological polar surface area (TPSA) is 46.6 Å². The van der Waals surface area contributed by atoms with Crippen LogP contribution in [0.25, 0.3) is 16.8 Å². The average molecular weight is 551 g/mol. The lowest BCUT2D eigenvalue weighted by Gasteiger charge is -2.13. The van der Waals surface area contributed by atoms with Crippen LogP contribution in [0.1, 0.15) is 11.1 Å². The van der Waals surface area contributed by atoms with Gasteiger partial charge in [-0.1, -0.05) is 76.1 Å². The van der Waals surface area contributed by atoms with Gasteiger partial charge in [0.2, 0.25) is 0 Å². The summed E-state index contributed by atoms with van der Waals surface area (Å²) in [7, 11) is 0. The molecule has 5 rings (SSSR count). The summed E-state index contributed by atoms with van der Waals surface area (Å²) in [6.07, 6.45) is 1.69. The molecule has 1 aliphatic rings. The van der Waals surface area contributed by atoms with Crippen molar-refractivity contribution in [2.75, 3.05) is 4.90 Å². The molecule has 168 valence electrons. The lowest BCUT2D eigenvalue weighted by atomic mass is 10.1. The van der Waals surface area contributed by atoms with Crippen molar-refractivity contribution in [1.29, 1.82) is 0 Å². The van der Waals surface area contributed by atoms with Crippen molar-refractivity contribution in [2.45, 2.75) is 6.61 Å². The van der Waals surface area contributed by atoms with Gasteiger partial charge < -0.3 is 4.74 Å². The Labute approximate surface area is 214 Å². The van der Waals surface area contributed by atoms with Gasteiger partial charge in [-0.3, -0.25) is 9.59 Å². The number of nitrogens with zero attached hydrogens (tertiary/aromatic N) is 1. The third-order valence-corrected chi connectivity index (χ3v) is 6.98. The molecule has 0 N–H and O–H groups in total. The van der Waals surface area contributed by atoms with Crippen LogP contribution in [0.3, 0.4) is 0 Å². The third kappa shape index (κ3) is 4.62. The molecule has 0 spiro atoms. The summed E-state index contributed by atoms with van der Waals surface area (Å²) >= 11 is 10.4. The number of imide groups is 1. The zero-order valence-electron chi connectivity index (χ0n) is 17.7. The van der Waals surface area contributed by atoms with Crippen LogP contribution in [0.4, 0.5) is 10.5 Å². The molecule has 34 heavy (non-hydrogen) atoms. The van der Waals surface area contributed by atoms with E-state index in [2.05, 4.69) is 34.1 Å². The van der Waals surface area contributed by atoms with Crippen LogP contribution in [0.15, 0.2) is 94.3 Å². The van der Waals surface area contributed by atoms with Gasteiger partial charge in [-0.05, 0) is 70.6 Å². The highest BCUT2D eigenvalue weighted by Crippen LogP contribution is 2.38. The van der Waals surface area contributed by atoms with Crippen molar-refractivity contribution in [3.05, 3.63) is 110 Å². The predicted molar refractivity (Wildman–Crippen MR) is 142 cm³/mol. The highest BCUT2D eigenvalue weighted by molar-refractivity contribution is 9.10. The van der Waals surface area contributed by atoms with Crippen molar-refractivity contribution in [1.82, 2.24) is 0 Å². The van der Waals surface area contributed by atoms with Crippen LogP contribution in [-0.4, -0.2) is 11.1 Å². The highest BCUT2D eigenvalue weighted by Gasteiger charge is 2.36. The molecule has 4 aromatic carbocycles. The normalized spacial score (nSPS) is 14.9. The highest BCUT2D eigenvalue weighted by atomic mass is 79.9. The summed E-state index contributed by atoms with van der Waals surface area (Å²) in [6, 6.07) is 26.6. The van der Waals surface area contributed by atoms with Gasteiger partial charge in [0.05, 0.1) is 10.6 Å². The quantitative estimate of drug-likeness (QED) is 0.236. The fourth-order valence-corrected chi connectivity index (χ4v) is 5.18. The molecule has 0 radical (unpaired) electrons. The van der Waals surface area contributed by atoms with Crippen molar-refractivity contribution in [3.8, 4) is 5.75 Å². The van der Waals surface area contributed by atoms with Gasteiger partial charge in [-0.2, -0.15) is 0 Å². The second-order valence-electron chi connectivity index (χ2n) is 7.61. The summed E-state index contributed by atoms with van der Waals surface area (Å²) in [5.41, 5.74) is 2.21. The van der Waals surface area contributed by atoms with Gasteiger partial charge in [0.25, 0.3) is 11.1 Å². The SMILES string of the molecule is O=C1S/C(=C/c2cc(Br)ccc2OCc2cccc3ccccc23)C(=O)N1c1cccc(Cl)c1. The minimum absolute atomic E-state index is 0.318. The molecular weight excluding hydrogens is 534 g/mol. The number of hydrogen-bond donors (Lipinski definition) is 0. The van der Waals surface area contributed by atoms with Crippen LogP contribution in [-0.2, 0) is 11.4 Å². The standard InChI is InChI=1S/C27H17BrClNO3S/c28-20-11-12-24(33-16-18-7-3-6-17-5-1-2-10-23(17)18)19(13-20)14-25-26(31)30(27(32)34-25)22-9-4-8-21(29)15-22/h1-15H,16H2/b25-14+. The Kier molecular flexibility index (Phi) is 6.46. The summed E-state index contributed by atoms with van der Waals surface area (Å²) < 4.78 is 7.02. The Morgan fingerprint density at radius 3 is 2.59 bits per heavy atom. The minimum atomic E-state index is -0.391. The molecule has 1 fully saturated rings. The number of thioether (sulfide) groups is 1. The lowest BCUT2D eigenvalue weighted by Crippen LogP contribution is -2.27. The molecule has 0 saturated carbocycles. The van der Waals surface area contributed by atoms with E-state index < -0.39 is 5.91 Å². The molecule has 4 nitrogen and oxygen atoms in total. The van der Waals surface area contributed by atoms with Gasteiger partial charge in [-0.25, -0.2) is 4.90 Å². The maximum absolute atomic E-state index is 13.1. The molecule has 1 heterocycles. The Hall–Kier alpha value is -3.06. The van der Waals surface area contributed by atoms with E-state index >= 15 is 0 Å². The molecule has 0 aliphatic carbocycles. The summed E-state index contributed by atoms with van der Waals surface area (Å²) in [4.78, 5) is 27.2. The molecule has 1 saturated heterocycles. The van der Waals surface area contributed by atoms with Crippen LogP contribution in [0.2, 0.25) is 5.02 Å². The van der Waals surface area contributed by atoms with E-state index in [1.807, 2.05) is 42.5 Å². The largest absolute Gasteiger partial charge is 0.488 e. The van der Waals surface area contributed by atoms with E-state index in [1.165, 1.54) is 0 Å². The first-order valence-electron chi connectivity index (χ1n) is 10.4. The van der Waals surface area contributed by atoms with Crippen molar-refractivity contribution < 1.29 is 14.3 Å². The number of benzene rings is 4. The maximum atomic E-state index is 13.1. The first-order valence-corrected chi connectivity index (χ1v) is 12.4. The van der Waals surface area contributed by atoms with Gasteiger partial charge in [0.1, 0.15) is 12.4 Å². The molecule has 1 aliphatic heterocycles. The summed E-state index contributed by atoms with van der Waals surface area (Å²) in [5.74, 6) is 0.225. The Bertz CT molecular complexity index is 1460.